The topological polar surface area (TPSA) is 156 Å². The van der Waals surface area contributed by atoms with E-state index in [0.29, 0.717) is 11.4 Å². The van der Waals surface area contributed by atoms with Crippen molar-refractivity contribution in [3.05, 3.63) is 35.6 Å². The minimum atomic E-state index is -3.22. The van der Waals surface area contributed by atoms with Gasteiger partial charge in [-0.1, -0.05) is 23.4 Å². The Bertz CT molecular complexity index is 892. The van der Waals surface area contributed by atoms with Crippen LogP contribution < -0.4 is 30.5 Å². The number of carboxylic acid groups (broad SMARTS) is 1. The molecule has 1 aromatic heterocycles. The smallest absolute Gasteiger partial charge is 0.339 e. The number of hydrogen-bond donors (Lipinski definition) is 3. The number of aliphatic carboxylic acids is 1. The number of nitrogens with two attached hydrogens (primary N) is 1. The van der Waals surface area contributed by atoms with E-state index in [2.05, 4.69) is 78.2 Å². The molecule has 0 amide bonds. The number of allylic oxidation sites excluding steroid dienone is 1. The summed E-state index contributed by atoms with van der Waals surface area (Å²) < 4.78 is 13.6. The number of carbonyl (C=O) groups excluding carboxylic acids is 1. The van der Waals surface area contributed by atoms with Crippen LogP contribution in [0.5, 0.6) is 0 Å². The third-order valence-corrected chi connectivity index (χ3v) is 2.75. The first-order valence-corrected chi connectivity index (χ1v) is 15.2. The number of carbonyl (C=O) groups is 2. The van der Waals surface area contributed by atoms with Gasteiger partial charge in [0.1, 0.15) is 44.9 Å². The summed E-state index contributed by atoms with van der Waals surface area (Å²) in [5.74, 6) is 0.0191. The summed E-state index contributed by atoms with van der Waals surface area (Å²) >= 11 is 16.6. The number of rotatable bonds is 5. The summed E-state index contributed by atoms with van der Waals surface area (Å²) in [4.78, 5) is 29.0. The van der Waals surface area contributed by atoms with E-state index >= 15 is 0 Å². The molecule has 11 nitrogen and oxygen atoms in total. The van der Waals surface area contributed by atoms with Gasteiger partial charge in [-0.3, -0.25) is 19.6 Å². The van der Waals surface area contributed by atoms with Crippen LogP contribution >= 0.6 is 67.3 Å². The minimum Gasteiger partial charge on any atom is -1.00 e. The maximum atomic E-state index is 10.0. The molecule has 0 fully saturated rings. The fourth-order valence-corrected chi connectivity index (χ4v) is 1.46. The van der Waals surface area contributed by atoms with Gasteiger partial charge in [0.2, 0.25) is 0 Å². The van der Waals surface area contributed by atoms with Crippen LogP contribution in [0.2, 0.25) is 0 Å². The first kappa shape index (κ1) is 58.6. The molecular weight excluding hydrogens is 738 g/mol. The van der Waals surface area contributed by atoms with E-state index in [-0.39, 0.29) is 55.8 Å². The molecule has 0 saturated heterocycles. The lowest BCUT2D eigenvalue weighted by atomic mass is 10.3. The van der Waals surface area contributed by atoms with Crippen molar-refractivity contribution in [3.8, 4) is 0 Å². The molecule has 40 heavy (non-hydrogen) atoms. The molecule has 4 N–H and O–H groups in total. The van der Waals surface area contributed by atoms with Crippen molar-refractivity contribution in [3.63, 3.8) is 0 Å². The fraction of sp³-hybridized carbons (Fsp3) is 0.476. The number of nitrogens with zero attached hydrogens (tertiary/aromatic N) is 5. The van der Waals surface area contributed by atoms with Crippen LogP contribution in [0.15, 0.2) is 24.2 Å². The van der Waals surface area contributed by atoms with Crippen LogP contribution in [-0.4, -0.2) is 107 Å². The molecule has 0 atom stereocenters. The Balaban J connectivity index is -0.0000000558. The van der Waals surface area contributed by atoms with Gasteiger partial charge >= 0.3 is 11.2 Å². The Morgan fingerprint density at radius 2 is 1.40 bits per heavy atom. The maximum absolute atomic E-state index is 10.0. The number of nitrogens with one attached hydrogen (secondary N) is 1. The van der Waals surface area contributed by atoms with Crippen LogP contribution in [-0.2, 0) is 9.36 Å². The van der Waals surface area contributed by atoms with Crippen molar-refractivity contribution in [2.45, 2.75) is 21.3 Å². The molecule has 0 bridgehead atoms. The summed E-state index contributed by atoms with van der Waals surface area (Å²) in [7, 11) is 12.1. The van der Waals surface area contributed by atoms with Gasteiger partial charge in [0.15, 0.2) is 18.7 Å². The van der Waals surface area contributed by atoms with Gasteiger partial charge in [0.25, 0.3) is 0 Å². The van der Waals surface area contributed by atoms with E-state index in [1.165, 1.54) is 24.9 Å². The van der Waals surface area contributed by atoms with Crippen LogP contribution in [0.3, 0.4) is 0 Å². The molecule has 238 valence electrons. The molecule has 0 aliphatic rings. The summed E-state index contributed by atoms with van der Waals surface area (Å²) in [5, 5.41) is 10.8. The first-order chi connectivity index (χ1) is 16.2. The Labute approximate surface area is 279 Å². The highest BCUT2D eigenvalue weighted by Gasteiger charge is 2.03. The second-order valence-corrected chi connectivity index (χ2v) is 14.3. The average Bonchev–Trinajstić information content (AvgIpc) is 2.66. The quantitative estimate of drug-likeness (QED) is 0.0860. The number of aldehydes is 1. The standard InChI is InChI=1S/C10H21N3.C6H6N2O.C2H3BrO2.C2H6N2.CH4.Cl3OP.3ClH/c1-11(2)7-10(8-12(3)4)9-13(5)6;1-5-7-2-6(4-9)3-8-5;3-1-2(4)5;1-2(3)4;;1-5(2,3)4;;;/h7-9H,1-6H3;2-4H,1H3;1H2,(H,4,5);1H3,(H3,3,4);1H4;;3*1H/q+2;;;;;;;;/p-2. The van der Waals surface area contributed by atoms with Crippen LogP contribution in [0.4, 0.5) is 0 Å². The predicted molar refractivity (Wildman–Crippen MR) is 168 cm³/mol. The van der Waals surface area contributed by atoms with Gasteiger partial charge in [-0.15, -0.1) is 12.4 Å². The zero-order chi connectivity index (χ0) is 29.5. The minimum absolute atomic E-state index is 0. The van der Waals surface area contributed by atoms with Crippen molar-refractivity contribution >= 4 is 97.8 Å². The number of amidine groups is 1. The van der Waals surface area contributed by atoms with Crippen molar-refractivity contribution in [1.29, 1.82) is 5.41 Å². The van der Waals surface area contributed by atoms with Gasteiger partial charge in [-0.2, -0.15) is 0 Å². The largest absolute Gasteiger partial charge is 1.00 e. The number of carboxylic acids is 1. The number of alkyl halides is 1. The molecule has 1 heterocycles. The van der Waals surface area contributed by atoms with E-state index < -0.39 is 11.2 Å². The summed E-state index contributed by atoms with van der Waals surface area (Å²) in [6.07, 6.45) is 9.96. The normalized spacial score (nSPS) is 7.90. The van der Waals surface area contributed by atoms with Crippen molar-refractivity contribution in [1.82, 2.24) is 14.9 Å². The van der Waals surface area contributed by atoms with Crippen LogP contribution in [0.25, 0.3) is 0 Å². The van der Waals surface area contributed by atoms with Crippen molar-refractivity contribution < 1.29 is 53.2 Å². The average molecular weight is 779 g/mol. The van der Waals surface area contributed by atoms with Gasteiger partial charge in [0, 0.05) is 32.7 Å². The lowest BCUT2D eigenvalue weighted by molar-refractivity contribution is -0.462. The molecule has 1 aromatic rings. The molecule has 0 aliphatic heterocycles. The summed E-state index contributed by atoms with van der Waals surface area (Å²) in [6, 6.07) is 0. The molecular formula is C21H41BrCl6N7O4P. The van der Waals surface area contributed by atoms with E-state index in [4.69, 9.17) is 16.2 Å². The Kier molecular flexibility index (Phi) is 52.8. The Morgan fingerprint density at radius 3 is 1.57 bits per heavy atom. The molecule has 0 aliphatic carbocycles. The predicted octanol–water partition coefficient (Wildman–Crippen LogP) is -1.000. The number of aromatic nitrogens is 2. The lowest BCUT2D eigenvalue weighted by Crippen LogP contribution is -3.00. The molecule has 0 aromatic carbocycles. The zero-order valence-corrected chi connectivity index (χ0v) is 29.9. The van der Waals surface area contributed by atoms with Crippen molar-refractivity contribution in [2.75, 3.05) is 47.6 Å². The second-order valence-electron chi connectivity index (χ2n) is 7.07. The molecule has 0 unspecified atom stereocenters. The maximum Gasteiger partial charge on any atom is 0.339 e. The molecule has 1 rings (SSSR count). The zero-order valence-electron chi connectivity index (χ0n) is 22.8. The number of hydrogen-bond acceptors (Lipinski definition) is 7. The van der Waals surface area contributed by atoms with E-state index in [0.717, 1.165) is 6.29 Å². The third kappa shape index (κ3) is 76.7. The lowest BCUT2D eigenvalue weighted by Gasteiger charge is -2.03. The van der Waals surface area contributed by atoms with E-state index in [1.54, 1.807) is 6.92 Å². The van der Waals surface area contributed by atoms with Gasteiger partial charge in [-0.25, -0.2) is 19.1 Å². The number of halogens is 7. The molecule has 19 heteroatoms. The van der Waals surface area contributed by atoms with Gasteiger partial charge in [0.05, 0.1) is 11.4 Å². The van der Waals surface area contributed by atoms with E-state index in [1.807, 2.05) is 56.3 Å². The van der Waals surface area contributed by atoms with Crippen molar-refractivity contribution in [2.24, 2.45) is 5.73 Å². The van der Waals surface area contributed by atoms with Gasteiger partial charge in [-0.05, 0) is 47.6 Å². The Hall–Kier alpha value is -0.980. The van der Waals surface area contributed by atoms with Crippen LogP contribution in [0.1, 0.15) is 30.5 Å². The summed E-state index contributed by atoms with van der Waals surface area (Å²) in [5.41, 5.74) is 6.39. The summed E-state index contributed by atoms with van der Waals surface area (Å²) in [6.45, 7) is 3.30. The molecule has 0 spiro atoms. The highest BCUT2D eigenvalue weighted by molar-refractivity contribution is 9.09. The highest BCUT2D eigenvalue weighted by Crippen LogP contribution is 2.61. The first-order valence-electron chi connectivity index (χ1n) is 9.67. The Morgan fingerprint density at radius 1 is 1.12 bits per heavy atom. The second kappa shape index (κ2) is 36.0. The van der Waals surface area contributed by atoms with E-state index in [9.17, 15) is 14.2 Å². The SMILES string of the molecule is C.CC(=N)N.CN(C)C=C(C=[N+](C)C)C=[N+](C)C.Cc1ncc(C=O)cn1.Cl.O=C(O)CBr.O=P(Cl)(Cl)Cl.[Cl-].[Cl-]. The van der Waals surface area contributed by atoms with Crippen LogP contribution in [0, 0.1) is 12.3 Å². The van der Waals surface area contributed by atoms with Gasteiger partial charge < -0.3 is 40.6 Å². The highest BCUT2D eigenvalue weighted by atomic mass is 79.9. The third-order valence-electron chi connectivity index (χ3n) is 2.27. The monoisotopic (exact) mass is 775 g/mol. The molecule has 0 radical (unpaired) electrons. The fourth-order valence-electron chi connectivity index (χ4n) is 1.46. The number of aryl methyl sites for hydroxylation is 1. The molecule has 0 saturated carbocycles.